The van der Waals surface area contributed by atoms with Crippen LogP contribution in [0.2, 0.25) is 5.02 Å². The lowest BCUT2D eigenvalue weighted by atomic mass is 10.1. The Morgan fingerprint density at radius 2 is 1.59 bits per heavy atom. The second kappa shape index (κ2) is 7.41. The molecule has 0 radical (unpaired) electrons. The third-order valence-corrected chi connectivity index (χ3v) is 4.72. The van der Waals surface area contributed by atoms with E-state index in [0.717, 1.165) is 4.90 Å². The normalized spacial score (nSPS) is 12.7. The van der Waals surface area contributed by atoms with Crippen molar-refractivity contribution in [3.05, 3.63) is 88.4 Å². The van der Waals surface area contributed by atoms with Crippen LogP contribution in [0, 0.1) is 0 Å². The third kappa shape index (κ3) is 3.34. The second-order valence-corrected chi connectivity index (χ2v) is 6.66. The number of carbonyl (C=O) groups is 3. The Labute approximate surface area is 171 Å². The van der Waals surface area contributed by atoms with Gasteiger partial charge >= 0.3 is 5.97 Å². The van der Waals surface area contributed by atoms with Crippen molar-refractivity contribution in [3.63, 3.8) is 0 Å². The molecule has 2 amide bonds. The zero-order chi connectivity index (χ0) is 20.5. The first kappa shape index (κ1) is 18.7. The van der Waals surface area contributed by atoms with Crippen molar-refractivity contribution in [1.82, 2.24) is 0 Å². The van der Waals surface area contributed by atoms with Crippen molar-refractivity contribution >= 4 is 35.1 Å². The topological polar surface area (TPSA) is 72.9 Å². The molecular weight excluding hydrogens is 394 g/mol. The first-order chi connectivity index (χ1) is 14.0. The van der Waals surface area contributed by atoms with Gasteiger partial charge in [0, 0.05) is 5.02 Å². The fourth-order valence-electron chi connectivity index (χ4n) is 3.07. The van der Waals surface area contributed by atoms with Gasteiger partial charge in [-0.3, -0.25) is 9.59 Å². The fourth-order valence-corrected chi connectivity index (χ4v) is 3.20. The van der Waals surface area contributed by atoms with E-state index in [1.54, 1.807) is 48.5 Å². The van der Waals surface area contributed by atoms with Crippen LogP contribution in [-0.2, 0) is 0 Å². The standard InChI is InChI=1S/C22H14ClNO5/c1-28-19-5-3-2-4-18(19)24-20(25)16-11-6-13(12-17(16)21(24)26)22(27)29-15-9-7-14(23)8-10-15/h2-12H,1H3. The van der Waals surface area contributed by atoms with Gasteiger partial charge in [-0.1, -0.05) is 23.7 Å². The molecular formula is C22H14ClNO5. The van der Waals surface area contributed by atoms with Crippen molar-refractivity contribution in [3.8, 4) is 11.5 Å². The lowest BCUT2D eigenvalue weighted by Gasteiger charge is -2.16. The second-order valence-electron chi connectivity index (χ2n) is 6.22. The van der Waals surface area contributed by atoms with Crippen molar-refractivity contribution in [2.24, 2.45) is 0 Å². The Bertz CT molecular complexity index is 1140. The number of hydrogen-bond donors (Lipinski definition) is 0. The first-order valence-corrected chi connectivity index (χ1v) is 9.01. The molecule has 1 aliphatic heterocycles. The molecule has 4 rings (SSSR count). The van der Waals surface area contributed by atoms with E-state index in [1.807, 2.05) is 0 Å². The number of nitrogens with zero attached hydrogens (tertiary/aromatic N) is 1. The number of benzene rings is 3. The summed E-state index contributed by atoms with van der Waals surface area (Å²) in [5, 5.41) is 0.517. The molecule has 29 heavy (non-hydrogen) atoms. The van der Waals surface area contributed by atoms with E-state index < -0.39 is 17.8 Å². The molecule has 144 valence electrons. The van der Waals surface area contributed by atoms with E-state index in [9.17, 15) is 14.4 Å². The smallest absolute Gasteiger partial charge is 0.343 e. The molecule has 0 atom stereocenters. The van der Waals surface area contributed by atoms with Crippen LogP contribution in [0.5, 0.6) is 11.5 Å². The molecule has 0 fully saturated rings. The van der Waals surface area contributed by atoms with E-state index in [-0.39, 0.29) is 16.7 Å². The lowest BCUT2D eigenvalue weighted by Crippen LogP contribution is -2.29. The van der Waals surface area contributed by atoms with Crippen molar-refractivity contribution in [2.45, 2.75) is 0 Å². The van der Waals surface area contributed by atoms with Gasteiger partial charge in [0.2, 0.25) is 0 Å². The number of halogens is 1. The molecule has 0 aliphatic carbocycles. The van der Waals surface area contributed by atoms with Gasteiger partial charge in [-0.2, -0.15) is 0 Å². The molecule has 6 nitrogen and oxygen atoms in total. The number of carbonyl (C=O) groups excluding carboxylic acids is 3. The monoisotopic (exact) mass is 407 g/mol. The SMILES string of the molecule is COc1ccccc1N1C(=O)c2ccc(C(=O)Oc3ccc(Cl)cc3)cc2C1=O. The summed E-state index contributed by atoms with van der Waals surface area (Å²) in [7, 11) is 1.46. The van der Waals surface area contributed by atoms with E-state index in [1.165, 1.54) is 25.3 Å². The molecule has 3 aromatic carbocycles. The van der Waals surface area contributed by atoms with E-state index in [4.69, 9.17) is 21.1 Å². The summed E-state index contributed by atoms with van der Waals surface area (Å²) in [5.74, 6) is -0.948. The van der Waals surface area contributed by atoms with Gasteiger partial charge < -0.3 is 9.47 Å². The molecule has 1 aliphatic rings. The highest BCUT2D eigenvalue weighted by molar-refractivity contribution is 6.35. The van der Waals surface area contributed by atoms with Gasteiger partial charge in [-0.05, 0) is 54.6 Å². The average Bonchev–Trinajstić information content (AvgIpc) is 2.99. The van der Waals surface area contributed by atoms with Crippen LogP contribution >= 0.6 is 11.6 Å². The number of imide groups is 1. The van der Waals surface area contributed by atoms with E-state index >= 15 is 0 Å². The minimum absolute atomic E-state index is 0.131. The van der Waals surface area contributed by atoms with Crippen LogP contribution in [0.3, 0.4) is 0 Å². The van der Waals surface area contributed by atoms with Crippen molar-refractivity contribution in [1.29, 1.82) is 0 Å². The Balaban J connectivity index is 1.65. The number of anilines is 1. The largest absolute Gasteiger partial charge is 0.495 e. The summed E-state index contributed by atoms with van der Waals surface area (Å²) in [5.41, 5.74) is 0.837. The van der Waals surface area contributed by atoms with Crippen molar-refractivity contribution < 1.29 is 23.9 Å². The minimum atomic E-state index is -0.647. The van der Waals surface area contributed by atoms with Crippen LogP contribution < -0.4 is 14.4 Å². The van der Waals surface area contributed by atoms with E-state index in [0.29, 0.717) is 22.2 Å². The third-order valence-electron chi connectivity index (χ3n) is 4.47. The van der Waals surface area contributed by atoms with Crippen LogP contribution in [-0.4, -0.2) is 24.9 Å². The maximum atomic E-state index is 12.9. The Kier molecular flexibility index (Phi) is 4.78. The first-order valence-electron chi connectivity index (χ1n) is 8.63. The molecule has 0 N–H and O–H groups in total. The molecule has 0 unspecified atom stereocenters. The number of ether oxygens (including phenoxy) is 2. The number of hydrogen-bond acceptors (Lipinski definition) is 5. The molecule has 0 bridgehead atoms. The van der Waals surface area contributed by atoms with Gasteiger partial charge in [-0.25, -0.2) is 9.69 Å². The summed E-state index contributed by atoms with van der Waals surface area (Å²) in [4.78, 5) is 39.2. The van der Waals surface area contributed by atoms with Gasteiger partial charge in [-0.15, -0.1) is 0 Å². The highest BCUT2D eigenvalue weighted by atomic mass is 35.5. The molecule has 7 heteroatoms. The summed E-state index contributed by atoms with van der Waals surface area (Å²) in [6, 6.07) is 17.3. The van der Waals surface area contributed by atoms with E-state index in [2.05, 4.69) is 0 Å². The number of amides is 2. The molecule has 0 saturated carbocycles. The molecule has 0 saturated heterocycles. The lowest BCUT2D eigenvalue weighted by molar-refractivity contribution is 0.0734. The van der Waals surface area contributed by atoms with Gasteiger partial charge in [0.05, 0.1) is 29.5 Å². The molecule has 3 aromatic rings. The minimum Gasteiger partial charge on any atom is -0.495 e. The predicted octanol–water partition coefficient (Wildman–Crippen LogP) is 4.37. The highest BCUT2D eigenvalue weighted by Crippen LogP contribution is 2.35. The molecule has 0 spiro atoms. The number of esters is 1. The Morgan fingerprint density at radius 3 is 2.31 bits per heavy atom. The zero-order valence-electron chi connectivity index (χ0n) is 15.2. The number of rotatable bonds is 4. The summed E-state index contributed by atoms with van der Waals surface area (Å²) < 4.78 is 10.6. The Hall–Kier alpha value is -3.64. The number of methoxy groups -OCH3 is 1. The summed E-state index contributed by atoms with van der Waals surface area (Å²) >= 11 is 5.82. The van der Waals surface area contributed by atoms with Crippen molar-refractivity contribution in [2.75, 3.05) is 12.0 Å². The van der Waals surface area contributed by atoms with Crippen LogP contribution in [0.4, 0.5) is 5.69 Å². The average molecular weight is 408 g/mol. The summed E-state index contributed by atoms with van der Waals surface area (Å²) in [6.07, 6.45) is 0. The van der Waals surface area contributed by atoms with Gasteiger partial charge in [0.1, 0.15) is 11.5 Å². The van der Waals surface area contributed by atoms with Gasteiger partial charge in [0.15, 0.2) is 0 Å². The van der Waals surface area contributed by atoms with Crippen LogP contribution in [0.25, 0.3) is 0 Å². The van der Waals surface area contributed by atoms with Crippen LogP contribution in [0.15, 0.2) is 66.7 Å². The number of para-hydroxylation sites is 2. The zero-order valence-corrected chi connectivity index (χ0v) is 16.0. The quantitative estimate of drug-likeness (QED) is 0.365. The summed E-state index contributed by atoms with van der Waals surface area (Å²) in [6.45, 7) is 0. The highest BCUT2D eigenvalue weighted by Gasteiger charge is 2.38. The predicted molar refractivity (Wildman–Crippen MR) is 107 cm³/mol. The molecule has 0 aromatic heterocycles. The van der Waals surface area contributed by atoms with Gasteiger partial charge in [0.25, 0.3) is 11.8 Å². The fraction of sp³-hybridized carbons (Fsp3) is 0.0455. The molecule has 1 heterocycles. The Morgan fingerprint density at radius 1 is 0.897 bits per heavy atom. The van der Waals surface area contributed by atoms with Crippen LogP contribution in [0.1, 0.15) is 31.1 Å². The maximum absolute atomic E-state index is 12.9. The maximum Gasteiger partial charge on any atom is 0.343 e. The number of fused-ring (bicyclic) bond motifs is 1.